The van der Waals surface area contributed by atoms with Crippen LogP contribution in [-0.2, 0) is 9.59 Å². The van der Waals surface area contributed by atoms with E-state index < -0.39 is 23.2 Å². The molecule has 0 spiro atoms. The SMILES string of the molecule is Cc1cc(NC(=O)CC(=O)O)cc(C)c1Oc1ccc(O)c(-c2cccc([N+](=O)[O-])c2)c1. The number of nitrogens with one attached hydrogen (secondary N) is 1. The number of rotatable bonds is 7. The van der Waals surface area contributed by atoms with Gasteiger partial charge in [-0.15, -0.1) is 0 Å². The third-order valence-corrected chi connectivity index (χ3v) is 4.61. The maximum absolute atomic E-state index is 11.7. The van der Waals surface area contributed by atoms with E-state index in [1.165, 1.54) is 24.3 Å². The molecule has 0 fully saturated rings. The maximum atomic E-state index is 11.7. The molecule has 164 valence electrons. The molecular weight excluding hydrogens is 416 g/mol. The van der Waals surface area contributed by atoms with Crippen molar-refractivity contribution in [1.29, 1.82) is 0 Å². The zero-order chi connectivity index (χ0) is 23.4. The van der Waals surface area contributed by atoms with Gasteiger partial charge in [-0.1, -0.05) is 12.1 Å². The first-order chi connectivity index (χ1) is 15.1. The van der Waals surface area contributed by atoms with Gasteiger partial charge in [0.15, 0.2) is 0 Å². The van der Waals surface area contributed by atoms with Crippen LogP contribution in [0.5, 0.6) is 17.2 Å². The second-order valence-corrected chi connectivity index (χ2v) is 7.15. The lowest BCUT2D eigenvalue weighted by Crippen LogP contribution is -2.16. The van der Waals surface area contributed by atoms with E-state index in [-0.39, 0.29) is 11.4 Å². The van der Waals surface area contributed by atoms with Crippen LogP contribution < -0.4 is 10.1 Å². The van der Waals surface area contributed by atoms with Crippen molar-refractivity contribution in [2.24, 2.45) is 0 Å². The normalized spacial score (nSPS) is 10.4. The third kappa shape index (κ3) is 5.20. The number of phenolic OH excluding ortho intramolecular Hbond substituents is 1. The summed E-state index contributed by atoms with van der Waals surface area (Å²) in [5.74, 6) is -0.981. The van der Waals surface area contributed by atoms with E-state index in [1.807, 2.05) is 0 Å². The summed E-state index contributed by atoms with van der Waals surface area (Å²) in [4.78, 5) is 32.9. The van der Waals surface area contributed by atoms with Crippen LogP contribution in [-0.4, -0.2) is 27.0 Å². The molecule has 3 aromatic rings. The third-order valence-electron chi connectivity index (χ3n) is 4.61. The molecule has 3 aromatic carbocycles. The zero-order valence-electron chi connectivity index (χ0n) is 17.3. The van der Waals surface area contributed by atoms with Crippen molar-refractivity contribution in [2.75, 3.05) is 5.32 Å². The molecule has 0 heterocycles. The molecule has 9 heteroatoms. The Morgan fingerprint density at radius 3 is 2.38 bits per heavy atom. The molecule has 0 saturated carbocycles. The smallest absolute Gasteiger partial charge is 0.312 e. The van der Waals surface area contributed by atoms with Gasteiger partial charge in [-0.2, -0.15) is 0 Å². The topological polar surface area (TPSA) is 139 Å². The number of aliphatic carboxylic acids is 1. The van der Waals surface area contributed by atoms with Crippen molar-refractivity contribution < 1.29 is 29.5 Å². The summed E-state index contributed by atoms with van der Waals surface area (Å²) in [6, 6.07) is 13.8. The number of non-ortho nitro benzene ring substituents is 1. The number of benzene rings is 3. The van der Waals surface area contributed by atoms with E-state index >= 15 is 0 Å². The molecule has 0 aliphatic heterocycles. The van der Waals surface area contributed by atoms with Crippen molar-refractivity contribution in [3.8, 4) is 28.4 Å². The van der Waals surface area contributed by atoms with Crippen LogP contribution in [0.1, 0.15) is 17.5 Å². The Hall–Kier alpha value is -4.40. The molecule has 0 atom stereocenters. The minimum Gasteiger partial charge on any atom is -0.507 e. The van der Waals surface area contributed by atoms with E-state index in [2.05, 4.69) is 5.32 Å². The first kappa shape index (κ1) is 22.3. The Labute approximate surface area is 183 Å². The predicted octanol–water partition coefficient (Wildman–Crippen LogP) is 4.79. The van der Waals surface area contributed by atoms with E-state index in [0.717, 1.165) is 0 Å². The van der Waals surface area contributed by atoms with Crippen molar-refractivity contribution in [2.45, 2.75) is 20.3 Å². The number of nitrogens with zero attached hydrogens (tertiary/aromatic N) is 1. The standard InChI is InChI=1S/C23H20N2O7/c1-13-8-16(24-21(27)12-22(28)29)9-14(2)23(13)32-18-6-7-20(26)19(11-18)15-4-3-5-17(10-15)25(30)31/h3-11,26H,12H2,1-2H3,(H,24,27)(H,28,29). The van der Waals surface area contributed by atoms with Crippen LogP contribution in [0.15, 0.2) is 54.6 Å². The summed E-state index contributed by atoms with van der Waals surface area (Å²) in [5, 5.41) is 32.6. The Balaban J connectivity index is 1.89. The van der Waals surface area contributed by atoms with Gasteiger partial charge in [0.05, 0.1) is 4.92 Å². The minimum atomic E-state index is -1.22. The first-order valence-electron chi connectivity index (χ1n) is 9.52. The number of carboxylic acid groups (broad SMARTS) is 1. The van der Waals surface area contributed by atoms with Gasteiger partial charge < -0.3 is 20.3 Å². The van der Waals surface area contributed by atoms with Crippen LogP contribution >= 0.6 is 0 Å². The summed E-state index contributed by atoms with van der Waals surface area (Å²) in [6.45, 7) is 3.55. The number of aromatic hydroxyl groups is 1. The molecule has 0 saturated heterocycles. The van der Waals surface area contributed by atoms with Crippen molar-refractivity contribution in [3.63, 3.8) is 0 Å². The molecule has 0 radical (unpaired) electrons. The average molecular weight is 436 g/mol. The van der Waals surface area contributed by atoms with Gasteiger partial charge >= 0.3 is 5.97 Å². The van der Waals surface area contributed by atoms with Gasteiger partial charge in [0.1, 0.15) is 23.7 Å². The number of ether oxygens (including phenoxy) is 1. The number of nitro benzene ring substituents is 1. The first-order valence-corrected chi connectivity index (χ1v) is 9.52. The van der Waals surface area contributed by atoms with E-state index in [0.29, 0.717) is 39.4 Å². The van der Waals surface area contributed by atoms with Crippen LogP contribution in [0.2, 0.25) is 0 Å². The van der Waals surface area contributed by atoms with Crippen LogP contribution in [0.4, 0.5) is 11.4 Å². The highest BCUT2D eigenvalue weighted by molar-refractivity contribution is 6.01. The predicted molar refractivity (Wildman–Crippen MR) is 117 cm³/mol. The summed E-state index contributed by atoms with van der Waals surface area (Å²) < 4.78 is 6.01. The zero-order valence-corrected chi connectivity index (χ0v) is 17.3. The average Bonchev–Trinajstić information content (AvgIpc) is 2.71. The maximum Gasteiger partial charge on any atom is 0.312 e. The van der Waals surface area contributed by atoms with Gasteiger partial charge in [-0.25, -0.2) is 0 Å². The number of hydrogen-bond donors (Lipinski definition) is 3. The van der Waals surface area contributed by atoms with E-state index in [1.54, 1.807) is 44.2 Å². The Bertz CT molecular complexity index is 1200. The van der Waals surface area contributed by atoms with E-state index in [9.17, 15) is 24.8 Å². The minimum absolute atomic E-state index is 0.0530. The Morgan fingerprint density at radius 1 is 1.06 bits per heavy atom. The second kappa shape index (κ2) is 9.17. The van der Waals surface area contributed by atoms with Crippen LogP contribution in [0, 0.1) is 24.0 Å². The monoisotopic (exact) mass is 436 g/mol. The molecule has 0 bridgehead atoms. The number of phenols is 1. The van der Waals surface area contributed by atoms with Gasteiger partial charge in [0.25, 0.3) is 5.69 Å². The number of anilines is 1. The summed E-state index contributed by atoms with van der Waals surface area (Å²) in [5.41, 5.74) is 2.58. The molecule has 9 nitrogen and oxygen atoms in total. The van der Waals surface area contributed by atoms with Gasteiger partial charge in [0.2, 0.25) is 5.91 Å². The number of carbonyl (C=O) groups is 2. The molecule has 0 aromatic heterocycles. The number of carbonyl (C=O) groups excluding carboxylic acids is 1. The summed E-state index contributed by atoms with van der Waals surface area (Å²) >= 11 is 0. The largest absolute Gasteiger partial charge is 0.507 e. The number of nitro groups is 1. The fourth-order valence-corrected chi connectivity index (χ4v) is 3.24. The fourth-order valence-electron chi connectivity index (χ4n) is 3.24. The lowest BCUT2D eigenvalue weighted by Gasteiger charge is -2.15. The molecular formula is C23H20N2O7. The van der Waals surface area contributed by atoms with Crippen LogP contribution in [0.3, 0.4) is 0 Å². The van der Waals surface area contributed by atoms with Crippen molar-refractivity contribution in [3.05, 3.63) is 75.8 Å². The highest BCUT2D eigenvalue weighted by Gasteiger charge is 2.14. The lowest BCUT2D eigenvalue weighted by molar-refractivity contribution is -0.384. The highest BCUT2D eigenvalue weighted by Crippen LogP contribution is 2.37. The molecule has 0 aliphatic rings. The summed E-state index contributed by atoms with van der Waals surface area (Å²) in [6.07, 6.45) is -0.635. The van der Waals surface area contributed by atoms with Crippen molar-refractivity contribution >= 4 is 23.3 Å². The lowest BCUT2D eigenvalue weighted by atomic mass is 10.0. The number of hydrogen-bond acceptors (Lipinski definition) is 6. The van der Waals surface area contributed by atoms with Gasteiger partial charge in [0, 0.05) is 23.4 Å². The van der Waals surface area contributed by atoms with Crippen molar-refractivity contribution in [1.82, 2.24) is 0 Å². The molecule has 3 N–H and O–H groups in total. The molecule has 32 heavy (non-hydrogen) atoms. The number of carboxylic acids is 1. The van der Waals surface area contributed by atoms with Crippen LogP contribution in [0.25, 0.3) is 11.1 Å². The summed E-state index contributed by atoms with van der Waals surface area (Å²) in [7, 11) is 0. The Kier molecular flexibility index (Phi) is 6.39. The highest BCUT2D eigenvalue weighted by atomic mass is 16.6. The molecule has 0 aliphatic carbocycles. The molecule has 0 unspecified atom stereocenters. The number of amides is 1. The van der Waals surface area contributed by atoms with Gasteiger partial charge in [-0.3, -0.25) is 19.7 Å². The van der Waals surface area contributed by atoms with Gasteiger partial charge in [-0.05, 0) is 60.9 Å². The Morgan fingerprint density at radius 2 is 1.75 bits per heavy atom. The number of aryl methyl sites for hydroxylation is 2. The van der Waals surface area contributed by atoms with E-state index in [4.69, 9.17) is 9.84 Å². The molecule has 3 rings (SSSR count). The second-order valence-electron chi connectivity index (χ2n) is 7.15. The fraction of sp³-hybridized carbons (Fsp3) is 0.130. The molecule has 1 amide bonds. The quantitative estimate of drug-likeness (QED) is 0.275.